The predicted octanol–water partition coefficient (Wildman–Crippen LogP) is 4.94. The minimum absolute atomic E-state index is 0.0124. The molecule has 246 valence electrons. The van der Waals surface area contributed by atoms with Crippen LogP contribution in [0.15, 0.2) is 78.4 Å². The van der Waals surface area contributed by atoms with E-state index < -0.39 is 70.5 Å². The van der Waals surface area contributed by atoms with Gasteiger partial charge in [0.05, 0.1) is 43.1 Å². The number of likely N-dealkylation sites (tertiary alicyclic amines) is 1. The summed E-state index contributed by atoms with van der Waals surface area (Å²) in [6.07, 6.45) is 0.820. The second-order valence-corrected chi connectivity index (χ2v) is 12.7. The molecule has 3 aromatic rings. The number of ether oxygens (including phenoxy) is 2. The quantitative estimate of drug-likeness (QED) is 0.284. The smallest absolute Gasteiger partial charge is 0.423 e. The van der Waals surface area contributed by atoms with Gasteiger partial charge < -0.3 is 14.6 Å². The van der Waals surface area contributed by atoms with Gasteiger partial charge in [0.15, 0.2) is 11.5 Å². The molecule has 0 radical (unpaired) electrons. The van der Waals surface area contributed by atoms with Crippen LogP contribution in [-0.2, 0) is 29.3 Å². The predicted molar refractivity (Wildman–Crippen MR) is 168 cm³/mol. The van der Waals surface area contributed by atoms with Crippen molar-refractivity contribution in [3.63, 3.8) is 0 Å². The Labute approximate surface area is 278 Å². The first kappa shape index (κ1) is 31.4. The van der Waals surface area contributed by atoms with Gasteiger partial charge in [0.2, 0.25) is 11.8 Å². The fourth-order valence-electron chi connectivity index (χ4n) is 8.18. The summed E-state index contributed by atoms with van der Waals surface area (Å²) >= 11 is 6.30. The largest absolute Gasteiger partial charge is 0.504 e. The van der Waals surface area contributed by atoms with Crippen LogP contribution in [0.1, 0.15) is 29.9 Å². The number of rotatable bonds is 5. The lowest BCUT2D eigenvalue weighted by atomic mass is 9.49. The van der Waals surface area contributed by atoms with Gasteiger partial charge in [-0.15, -0.1) is 0 Å². The summed E-state index contributed by atoms with van der Waals surface area (Å²) < 4.78 is 24.0. The number of methoxy groups -OCH3 is 2. The molecule has 6 atom stereocenters. The van der Waals surface area contributed by atoms with Crippen LogP contribution in [0.5, 0.6) is 11.5 Å². The number of halogens is 2. The average Bonchev–Trinajstić information content (AvgIpc) is 3.47. The molecule has 11 nitrogen and oxygen atoms in total. The monoisotopic (exact) mass is 673 g/mol. The van der Waals surface area contributed by atoms with E-state index in [4.69, 9.17) is 21.1 Å². The number of benzene rings is 3. The summed E-state index contributed by atoms with van der Waals surface area (Å²) in [7, 11) is 2.46. The highest BCUT2D eigenvalue weighted by Gasteiger charge is 2.70. The molecule has 2 aliphatic carbocycles. The number of phenols is 1. The van der Waals surface area contributed by atoms with Crippen molar-refractivity contribution in [1.29, 1.82) is 0 Å². The first-order chi connectivity index (χ1) is 23.0. The summed E-state index contributed by atoms with van der Waals surface area (Å²) in [4.78, 5) is 70.0. The molecule has 3 fully saturated rings. The third-order valence-corrected chi connectivity index (χ3v) is 10.4. The summed E-state index contributed by atoms with van der Waals surface area (Å²) in [5.74, 6) is -7.75. The number of nitrogens with zero attached hydrogens (tertiary/aromatic N) is 2. The minimum atomic E-state index is -1.61. The average molecular weight is 674 g/mol. The number of hydrogen-bond donors (Lipinski definition) is 2. The Bertz CT molecular complexity index is 1920. The maximum Gasteiger partial charge on any atom is 0.423 e. The van der Waals surface area contributed by atoms with Gasteiger partial charge in [-0.2, -0.15) is 9.91 Å². The van der Waals surface area contributed by atoms with Crippen LogP contribution >= 0.6 is 11.6 Å². The zero-order valence-electron chi connectivity index (χ0n) is 25.7. The van der Waals surface area contributed by atoms with Gasteiger partial charge in [-0.1, -0.05) is 41.4 Å². The molecule has 48 heavy (non-hydrogen) atoms. The highest BCUT2D eigenvalue weighted by Crippen LogP contribution is 2.64. The van der Waals surface area contributed by atoms with E-state index in [9.17, 15) is 28.7 Å². The molecular formula is C35H29ClFN3O8. The number of carbonyl (C=O) groups is 5. The molecule has 0 aromatic heterocycles. The molecule has 13 heteroatoms. The molecule has 2 saturated heterocycles. The summed E-state index contributed by atoms with van der Waals surface area (Å²) in [5.41, 5.74) is 3.16. The molecule has 0 unspecified atom stereocenters. The summed E-state index contributed by atoms with van der Waals surface area (Å²) in [6, 6.07) is 16.4. The van der Waals surface area contributed by atoms with Gasteiger partial charge in [0.1, 0.15) is 5.82 Å². The fraction of sp³-hybridized carbons (Fsp3) is 0.286. The van der Waals surface area contributed by atoms with Crippen molar-refractivity contribution < 1.29 is 42.9 Å². The molecule has 2 heterocycles. The number of nitrogens with one attached hydrogen (secondary N) is 1. The van der Waals surface area contributed by atoms with E-state index in [1.54, 1.807) is 36.4 Å². The molecule has 2 aliphatic heterocycles. The Hall–Kier alpha value is -5.23. The molecule has 7 rings (SSSR count). The zero-order valence-corrected chi connectivity index (χ0v) is 26.4. The summed E-state index contributed by atoms with van der Waals surface area (Å²) in [6.45, 7) is 0. The third-order valence-electron chi connectivity index (χ3n) is 10.2. The van der Waals surface area contributed by atoms with Gasteiger partial charge in [0, 0.05) is 10.9 Å². The van der Waals surface area contributed by atoms with E-state index in [1.807, 2.05) is 6.08 Å². The van der Waals surface area contributed by atoms with Gasteiger partial charge in [0.25, 0.3) is 11.8 Å². The third kappa shape index (κ3) is 4.42. The van der Waals surface area contributed by atoms with E-state index >= 15 is 4.79 Å². The van der Waals surface area contributed by atoms with Crippen LogP contribution in [0, 0.1) is 29.5 Å². The Morgan fingerprint density at radius 3 is 2.33 bits per heavy atom. The lowest BCUT2D eigenvalue weighted by Crippen LogP contribution is -2.53. The Balaban J connectivity index is 1.46. The van der Waals surface area contributed by atoms with Crippen molar-refractivity contribution in [2.45, 2.75) is 24.2 Å². The Morgan fingerprint density at radius 2 is 1.67 bits per heavy atom. The number of amides is 5. The molecule has 2 N–H and O–H groups in total. The molecule has 3 aromatic carbocycles. The molecule has 5 amide bonds. The normalized spacial score (nSPS) is 27.7. The van der Waals surface area contributed by atoms with Crippen molar-refractivity contribution in [3.05, 3.63) is 100 Å². The number of aromatic hydroxyl groups is 1. The lowest BCUT2D eigenvalue weighted by molar-refractivity contribution is -0.140. The molecular weight excluding hydrogens is 645 g/mol. The van der Waals surface area contributed by atoms with Crippen molar-refractivity contribution >= 4 is 47.0 Å². The van der Waals surface area contributed by atoms with E-state index in [0.717, 1.165) is 12.1 Å². The number of hydrazine groups is 1. The number of carbonyl (C=O) groups excluding carboxylic acids is 5. The number of imide groups is 4. The molecule has 1 saturated carbocycles. The van der Waals surface area contributed by atoms with Gasteiger partial charge in [-0.25, -0.2) is 9.18 Å². The second-order valence-electron chi connectivity index (χ2n) is 12.3. The van der Waals surface area contributed by atoms with Crippen molar-refractivity contribution in [2.24, 2.45) is 23.7 Å². The Morgan fingerprint density at radius 1 is 0.958 bits per heavy atom. The topological polar surface area (TPSA) is 143 Å². The van der Waals surface area contributed by atoms with Crippen LogP contribution in [0.4, 0.5) is 14.9 Å². The molecule has 0 bridgehead atoms. The van der Waals surface area contributed by atoms with E-state index in [2.05, 4.69) is 5.43 Å². The zero-order chi connectivity index (χ0) is 34.1. The Kier molecular flexibility index (Phi) is 7.50. The van der Waals surface area contributed by atoms with Crippen LogP contribution < -0.4 is 10.2 Å². The van der Waals surface area contributed by atoms with Gasteiger partial charge in [-0.05, 0) is 78.4 Å². The highest BCUT2D eigenvalue weighted by molar-refractivity contribution is 6.30. The van der Waals surface area contributed by atoms with Crippen LogP contribution in [-0.4, -0.2) is 59.0 Å². The first-order valence-electron chi connectivity index (χ1n) is 15.2. The van der Waals surface area contributed by atoms with Crippen molar-refractivity contribution in [1.82, 2.24) is 9.91 Å². The number of hydrogen-bond acceptors (Lipinski definition) is 9. The van der Waals surface area contributed by atoms with E-state index in [1.165, 1.54) is 37.4 Å². The summed E-state index contributed by atoms with van der Waals surface area (Å²) in [5, 5.41) is 11.9. The van der Waals surface area contributed by atoms with Crippen molar-refractivity contribution in [2.75, 3.05) is 19.6 Å². The minimum Gasteiger partial charge on any atom is -0.504 e. The SMILES string of the molecule is COC(=O)N1C(=O)[C@H]2[C@H](CC=C3[C@H]2C[C@H]2C(=O)N(Nc4ccc(F)cc4)C(=O)[C@@]2(c2ccc(Cl)cc2)[C@H]3c2ccc(O)c(OC)c2)C1=O. The van der Waals surface area contributed by atoms with E-state index in [-0.39, 0.29) is 30.0 Å². The standard InChI is InChI=1S/C35H29ClFN3O8/c1-47-27-15-17(3-14-26(27)41)29-22-12-13-23-28(32(44)39(30(23)42)34(46)48-2)24(22)16-25-31(43)40(38-21-10-8-20(37)9-11-21)33(45)35(25,29)18-4-6-19(36)7-5-18/h3-12,14-15,23-25,28-29,38,41H,13,16H2,1-2H3/t23-,24+,25-,28-,29-,35+/m0/s1. The lowest BCUT2D eigenvalue weighted by Gasteiger charge is -2.50. The van der Waals surface area contributed by atoms with Crippen LogP contribution in [0.2, 0.25) is 5.02 Å². The van der Waals surface area contributed by atoms with Gasteiger partial charge in [-0.3, -0.25) is 24.6 Å². The number of phenolic OH excluding ortho intramolecular Hbond substituents is 1. The number of fused-ring (bicyclic) bond motifs is 4. The maximum absolute atomic E-state index is 15.1. The van der Waals surface area contributed by atoms with Crippen LogP contribution in [0.25, 0.3) is 0 Å². The molecule has 0 spiro atoms. The number of allylic oxidation sites excluding steroid dienone is 2. The number of anilines is 1. The maximum atomic E-state index is 15.1. The molecule has 4 aliphatic rings. The van der Waals surface area contributed by atoms with E-state index in [0.29, 0.717) is 26.6 Å². The second kappa shape index (κ2) is 11.5. The fourth-order valence-corrected chi connectivity index (χ4v) is 8.30. The highest BCUT2D eigenvalue weighted by atomic mass is 35.5. The van der Waals surface area contributed by atoms with Crippen molar-refractivity contribution in [3.8, 4) is 11.5 Å². The van der Waals surface area contributed by atoms with Crippen LogP contribution in [0.3, 0.4) is 0 Å². The first-order valence-corrected chi connectivity index (χ1v) is 15.6. The van der Waals surface area contributed by atoms with Gasteiger partial charge >= 0.3 is 6.09 Å².